The number of amides is 3. The van der Waals surface area contributed by atoms with E-state index in [0.717, 1.165) is 34.2 Å². The Balaban J connectivity index is 1.42. The average Bonchev–Trinajstić information content (AvgIpc) is 3.41. The van der Waals surface area contributed by atoms with E-state index < -0.39 is 53.4 Å². The minimum Gasteiger partial charge on any atom is -0.497 e. The number of rotatable bonds is 4. The molecular weight excluding hydrogens is 511 g/mol. The maximum atomic E-state index is 13.8. The predicted octanol–water partition coefficient (Wildman–Crippen LogP) is 4.87. The second-order valence-corrected chi connectivity index (χ2v) is 9.61. The first-order valence-corrected chi connectivity index (χ1v) is 12.2. The summed E-state index contributed by atoms with van der Waals surface area (Å²) in [5.74, 6) is -3.33. The average molecular weight is 534 g/mol. The van der Waals surface area contributed by atoms with Gasteiger partial charge in [-0.3, -0.25) is 14.4 Å². The molecule has 6 rings (SSSR count). The largest absolute Gasteiger partial charge is 0.497 e. The number of methoxy groups -OCH3 is 1. The van der Waals surface area contributed by atoms with Gasteiger partial charge in [-0.25, -0.2) is 4.90 Å². The normalized spacial score (nSPS) is 23.4. The Bertz CT molecular complexity index is 1520. The van der Waals surface area contributed by atoms with Gasteiger partial charge < -0.3 is 15.0 Å². The zero-order valence-corrected chi connectivity index (χ0v) is 20.6. The van der Waals surface area contributed by atoms with Gasteiger partial charge in [-0.15, -0.1) is 0 Å². The molecule has 2 fully saturated rings. The molecule has 10 heteroatoms. The number of hydrogen-bond donors (Lipinski definition) is 1. The number of ether oxygens (including phenoxy) is 1. The van der Waals surface area contributed by atoms with Crippen LogP contribution < -0.4 is 15.0 Å². The van der Waals surface area contributed by atoms with Gasteiger partial charge in [0.15, 0.2) is 0 Å². The third kappa shape index (κ3) is 3.94. The fourth-order valence-corrected chi connectivity index (χ4v) is 5.82. The molecule has 3 aliphatic rings. The van der Waals surface area contributed by atoms with Gasteiger partial charge in [0.1, 0.15) is 11.8 Å². The molecule has 3 heterocycles. The van der Waals surface area contributed by atoms with Crippen molar-refractivity contribution in [2.45, 2.75) is 18.3 Å². The standard InChI is InChI=1S/C29H22F3N3O4/c1-39-20-11-9-18(10-12-20)33-26(36)25-23-22(24-21-8-3-2-5-16(21)13-14-34(24)25)27(37)35(28(23)38)19-7-4-6-17(15-19)29(30,31)32/h2-15,22-25H,1H3,(H,33,36)/t22-,23+,24?,25-/m0/s1. The van der Waals surface area contributed by atoms with Crippen LogP contribution in [0.2, 0.25) is 0 Å². The molecule has 3 aromatic carbocycles. The summed E-state index contributed by atoms with van der Waals surface area (Å²) >= 11 is 0. The van der Waals surface area contributed by atoms with Gasteiger partial charge in [-0.2, -0.15) is 13.2 Å². The highest BCUT2D eigenvalue weighted by atomic mass is 19.4. The van der Waals surface area contributed by atoms with Crippen LogP contribution in [-0.4, -0.2) is 35.8 Å². The zero-order valence-electron chi connectivity index (χ0n) is 20.6. The summed E-state index contributed by atoms with van der Waals surface area (Å²) in [6.07, 6.45) is -1.12. The van der Waals surface area contributed by atoms with E-state index in [1.54, 1.807) is 35.4 Å². The number of nitrogens with one attached hydrogen (secondary N) is 1. The molecule has 39 heavy (non-hydrogen) atoms. The summed E-state index contributed by atoms with van der Waals surface area (Å²) in [6, 6.07) is 16.4. The maximum Gasteiger partial charge on any atom is 0.416 e. The van der Waals surface area contributed by atoms with Gasteiger partial charge >= 0.3 is 6.18 Å². The van der Waals surface area contributed by atoms with E-state index in [-0.39, 0.29) is 5.69 Å². The van der Waals surface area contributed by atoms with Gasteiger partial charge in [0, 0.05) is 11.9 Å². The summed E-state index contributed by atoms with van der Waals surface area (Å²) in [4.78, 5) is 43.9. The zero-order chi connectivity index (χ0) is 27.5. The van der Waals surface area contributed by atoms with Crippen molar-refractivity contribution in [1.82, 2.24) is 4.90 Å². The number of imide groups is 1. The van der Waals surface area contributed by atoms with Crippen LogP contribution in [0.4, 0.5) is 24.5 Å². The second-order valence-electron chi connectivity index (χ2n) is 9.61. The summed E-state index contributed by atoms with van der Waals surface area (Å²) < 4.78 is 45.4. The molecule has 198 valence electrons. The Morgan fingerprint density at radius 1 is 0.923 bits per heavy atom. The highest BCUT2D eigenvalue weighted by Crippen LogP contribution is 2.53. The second kappa shape index (κ2) is 9.00. The number of nitrogens with zero attached hydrogens (tertiary/aromatic N) is 2. The van der Waals surface area contributed by atoms with E-state index in [0.29, 0.717) is 11.4 Å². The molecule has 1 unspecified atom stereocenters. The SMILES string of the molecule is COc1ccc(NC(=O)[C@@H]2[C@@H]3C(=O)N(c4cccc(C(F)(F)F)c4)C(=O)[C@@H]3C3c4ccccc4C=CN32)cc1. The van der Waals surface area contributed by atoms with Crippen molar-refractivity contribution in [3.8, 4) is 5.75 Å². The Kier molecular flexibility index (Phi) is 5.71. The third-order valence-electron chi connectivity index (χ3n) is 7.52. The minimum absolute atomic E-state index is 0.172. The fourth-order valence-electron chi connectivity index (χ4n) is 5.82. The van der Waals surface area contributed by atoms with Crippen LogP contribution in [0.25, 0.3) is 6.08 Å². The molecule has 0 bridgehead atoms. The van der Waals surface area contributed by atoms with Gasteiger partial charge in [0.2, 0.25) is 17.7 Å². The van der Waals surface area contributed by atoms with Crippen molar-refractivity contribution in [3.63, 3.8) is 0 Å². The fraction of sp³-hybridized carbons (Fsp3) is 0.207. The molecule has 0 aliphatic carbocycles. The summed E-state index contributed by atoms with van der Waals surface area (Å²) in [5, 5.41) is 2.82. The molecule has 3 aromatic rings. The maximum absolute atomic E-state index is 13.8. The van der Waals surface area contributed by atoms with Gasteiger partial charge in [-0.1, -0.05) is 30.3 Å². The summed E-state index contributed by atoms with van der Waals surface area (Å²) in [5.41, 5.74) is 0.927. The van der Waals surface area contributed by atoms with Gasteiger partial charge in [0.05, 0.1) is 36.2 Å². The van der Waals surface area contributed by atoms with E-state index in [4.69, 9.17) is 4.74 Å². The van der Waals surface area contributed by atoms with Crippen molar-refractivity contribution >= 4 is 35.2 Å². The number of hydrogen-bond acceptors (Lipinski definition) is 5. The Labute approximate surface area is 221 Å². The third-order valence-corrected chi connectivity index (χ3v) is 7.52. The monoisotopic (exact) mass is 533 g/mol. The van der Waals surface area contributed by atoms with Gasteiger partial charge in [-0.05, 0) is 59.7 Å². The topological polar surface area (TPSA) is 79.0 Å². The highest BCUT2D eigenvalue weighted by Gasteiger charge is 2.64. The molecule has 7 nitrogen and oxygen atoms in total. The van der Waals surface area contributed by atoms with E-state index in [2.05, 4.69) is 5.32 Å². The van der Waals surface area contributed by atoms with Crippen molar-refractivity contribution in [1.29, 1.82) is 0 Å². The lowest BCUT2D eigenvalue weighted by molar-refractivity contribution is -0.137. The molecule has 0 saturated carbocycles. The quantitative estimate of drug-likeness (QED) is 0.485. The number of benzene rings is 3. The van der Waals surface area contributed by atoms with Gasteiger partial charge in [0.25, 0.3) is 0 Å². The highest BCUT2D eigenvalue weighted by molar-refractivity contribution is 6.24. The van der Waals surface area contributed by atoms with Crippen LogP contribution in [0.5, 0.6) is 5.75 Å². The van der Waals surface area contributed by atoms with Crippen molar-refractivity contribution in [2.24, 2.45) is 11.8 Å². The lowest BCUT2D eigenvalue weighted by Crippen LogP contribution is -2.46. The Morgan fingerprint density at radius 3 is 2.36 bits per heavy atom. The lowest BCUT2D eigenvalue weighted by Gasteiger charge is -2.35. The van der Waals surface area contributed by atoms with Crippen LogP contribution in [0.1, 0.15) is 22.7 Å². The predicted molar refractivity (Wildman–Crippen MR) is 136 cm³/mol. The Morgan fingerprint density at radius 2 is 1.64 bits per heavy atom. The van der Waals surface area contributed by atoms with Crippen LogP contribution in [-0.2, 0) is 20.6 Å². The first-order chi connectivity index (χ1) is 18.7. The van der Waals surface area contributed by atoms with Crippen molar-refractivity contribution in [2.75, 3.05) is 17.3 Å². The number of anilines is 2. The van der Waals surface area contributed by atoms with Crippen LogP contribution >= 0.6 is 0 Å². The van der Waals surface area contributed by atoms with Crippen LogP contribution in [0.15, 0.2) is 79.0 Å². The van der Waals surface area contributed by atoms with E-state index in [1.807, 2.05) is 30.3 Å². The van der Waals surface area contributed by atoms with Crippen molar-refractivity contribution < 1.29 is 32.3 Å². The van der Waals surface area contributed by atoms with Crippen LogP contribution in [0.3, 0.4) is 0 Å². The number of fused-ring (bicyclic) bond motifs is 5. The van der Waals surface area contributed by atoms with E-state index >= 15 is 0 Å². The molecule has 3 aliphatic heterocycles. The number of carbonyl (C=O) groups excluding carboxylic acids is 3. The Hall–Kier alpha value is -4.60. The molecule has 4 atom stereocenters. The van der Waals surface area contributed by atoms with E-state index in [1.165, 1.54) is 13.2 Å². The first kappa shape index (κ1) is 24.7. The molecule has 2 saturated heterocycles. The van der Waals surface area contributed by atoms with Crippen molar-refractivity contribution in [3.05, 3.63) is 95.7 Å². The molecule has 3 amide bonds. The lowest BCUT2D eigenvalue weighted by atomic mass is 9.84. The molecule has 0 aromatic heterocycles. The molecule has 0 spiro atoms. The van der Waals surface area contributed by atoms with E-state index in [9.17, 15) is 27.6 Å². The molecule has 0 radical (unpaired) electrons. The summed E-state index contributed by atoms with van der Waals surface area (Å²) in [6.45, 7) is 0. The van der Waals surface area contributed by atoms with Crippen LogP contribution in [0, 0.1) is 11.8 Å². The smallest absolute Gasteiger partial charge is 0.416 e. The molecule has 1 N–H and O–H groups in total. The first-order valence-electron chi connectivity index (χ1n) is 12.2. The number of carbonyl (C=O) groups is 3. The summed E-state index contributed by atoms with van der Waals surface area (Å²) in [7, 11) is 1.52. The molecular formula is C29H22F3N3O4. The number of halogens is 3. The number of alkyl halides is 3. The minimum atomic E-state index is -4.65.